The Morgan fingerprint density at radius 1 is 0.941 bits per heavy atom. The van der Waals surface area contributed by atoms with E-state index < -0.39 is 11.8 Å². The van der Waals surface area contributed by atoms with Crippen LogP contribution in [0.3, 0.4) is 0 Å². The predicted octanol–water partition coefficient (Wildman–Crippen LogP) is 2.86. The molecular formula is C7H10N6O2S2. The highest BCUT2D eigenvalue weighted by Gasteiger charge is 2.00. The third-order valence-corrected chi connectivity index (χ3v) is 3.72. The van der Waals surface area contributed by atoms with Crippen LogP contribution < -0.4 is 0 Å². The topological polar surface area (TPSA) is 132 Å². The Balaban J connectivity index is 3.35. The average molecular weight is 274 g/mol. The number of carbonyl (C=O) groups is 2. The molecule has 0 atom stereocenters. The van der Waals surface area contributed by atoms with Crippen LogP contribution in [-0.4, -0.2) is 28.4 Å². The summed E-state index contributed by atoms with van der Waals surface area (Å²) in [7, 11) is 0. The van der Waals surface area contributed by atoms with Gasteiger partial charge in [0.2, 0.25) is 11.8 Å². The molecule has 0 bridgehead atoms. The van der Waals surface area contributed by atoms with E-state index in [0.717, 1.165) is 5.08 Å². The highest BCUT2D eigenvalue weighted by molar-refractivity contribution is 8.15. The summed E-state index contributed by atoms with van der Waals surface area (Å²) in [5.41, 5.74) is 15.9. The van der Waals surface area contributed by atoms with E-state index in [2.05, 4.69) is 20.1 Å². The Bertz CT molecular complexity index is 327. The van der Waals surface area contributed by atoms with E-state index in [0.29, 0.717) is 11.5 Å². The Hall–Kier alpha value is -1.34. The van der Waals surface area contributed by atoms with Crippen molar-refractivity contribution in [2.75, 3.05) is 16.6 Å². The van der Waals surface area contributed by atoms with Crippen LogP contribution >= 0.6 is 23.5 Å². The summed E-state index contributed by atoms with van der Waals surface area (Å²) in [6.07, 6.45) is 0.430. The summed E-state index contributed by atoms with van der Waals surface area (Å²) in [5, 5.41) is 6.59. The fourth-order valence-corrected chi connectivity index (χ4v) is 2.75. The van der Waals surface area contributed by atoms with E-state index in [-0.39, 0.29) is 12.8 Å². The van der Waals surface area contributed by atoms with Gasteiger partial charge in [-0.3, -0.25) is 9.59 Å². The fourth-order valence-electron chi connectivity index (χ4n) is 0.695. The minimum atomic E-state index is -0.469. The van der Waals surface area contributed by atoms with Gasteiger partial charge in [0.1, 0.15) is 0 Å². The van der Waals surface area contributed by atoms with Crippen molar-refractivity contribution < 1.29 is 9.59 Å². The third kappa shape index (κ3) is 10.9. The minimum absolute atomic E-state index is 0.215. The predicted molar refractivity (Wildman–Crippen MR) is 67.3 cm³/mol. The molecule has 17 heavy (non-hydrogen) atoms. The molecule has 0 rings (SSSR count). The highest BCUT2D eigenvalue weighted by Crippen LogP contribution is 2.14. The maximum absolute atomic E-state index is 10.8. The van der Waals surface area contributed by atoms with Crippen molar-refractivity contribution >= 4 is 35.3 Å². The molecule has 0 fully saturated rings. The Kier molecular flexibility index (Phi) is 10.3. The van der Waals surface area contributed by atoms with Gasteiger partial charge >= 0.3 is 0 Å². The number of hydrogen-bond acceptors (Lipinski definition) is 4. The molecule has 0 radical (unpaired) electrons. The first-order valence-corrected chi connectivity index (χ1v) is 6.83. The first-order valence-electron chi connectivity index (χ1n) is 4.52. The number of rotatable bonds is 8. The molecule has 10 heteroatoms. The summed E-state index contributed by atoms with van der Waals surface area (Å²) in [4.78, 5) is 26.3. The van der Waals surface area contributed by atoms with E-state index >= 15 is 0 Å². The summed E-state index contributed by atoms with van der Waals surface area (Å²) in [6.45, 7) is 0. The van der Waals surface area contributed by atoms with Crippen molar-refractivity contribution in [2.45, 2.75) is 12.8 Å². The molecule has 0 aromatic carbocycles. The molecule has 0 spiro atoms. The molecule has 0 saturated heterocycles. The second-order valence-corrected chi connectivity index (χ2v) is 5.18. The highest BCUT2D eigenvalue weighted by atomic mass is 32.2. The largest absolute Gasteiger partial charge is 0.293 e. The van der Waals surface area contributed by atoms with E-state index in [1.54, 1.807) is 0 Å². The molecule has 0 aromatic heterocycles. The van der Waals surface area contributed by atoms with Crippen molar-refractivity contribution in [3.8, 4) is 0 Å². The van der Waals surface area contributed by atoms with Crippen LogP contribution in [0.1, 0.15) is 12.8 Å². The molecule has 0 aliphatic carbocycles. The zero-order valence-electron chi connectivity index (χ0n) is 8.85. The molecule has 2 amide bonds. The third-order valence-electron chi connectivity index (χ3n) is 1.40. The number of nitrogens with zero attached hydrogens (tertiary/aromatic N) is 6. The monoisotopic (exact) mass is 274 g/mol. The Morgan fingerprint density at radius 3 is 1.71 bits per heavy atom. The van der Waals surface area contributed by atoms with Gasteiger partial charge in [0.15, 0.2) is 0 Å². The van der Waals surface area contributed by atoms with Gasteiger partial charge in [-0.05, 0) is 21.3 Å². The SMILES string of the molecule is [N-]=[N+]=NC(=O)CCSCSCCC(=O)N=[N+]=[N-]. The summed E-state index contributed by atoms with van der Waals surface area (Å²) < 4.78 is 0. The molecule has 0 aliphatic rings. The lowest BCUT2D eigenvalue weighted by molar-refractivity contribution is -0.118. The Labute approximate surface area is 106 Å². The standard InChI is InChI=1S/C7H10N6O2S2/c8-12-10-6(14)1-3-16-5-17-4-2-7(15)11-13-9/h1-5H2. The number of amides is 2. The molecule has 0 heterocycles. The maximum atomic E-state index is 10.8. The van der Waals surface area contributed by atoms with Gasteiger partial charge in [-0.25, -0.2) is 0 Å². The minimum Gasteiger partial charge on any atom is -0.293 e. The second-order valence-electron chi connectivity index (χ2n) is 2.60. The van der Waals surface area contributed by atoms with Gasteiger partial charge in [-0.2, -0.15) is 23.5 Å². The van der Waals surface area contributed by atoms with Crippen LogP contribution in [0.15, 0.2) is 10.2 Å². The normalized spacial score (nSPS) is 8.94. The number of hydrogen-bond donors (Lipinski definition) is 0. The molecule has 8 nitrogen and oxygen atoms in total. The Morgan fingerprint density at radius 2 is 1.35 bits per heavy atom. The lowest BCUT2D eigenvalue weighted by atomic mass is 10.5. The van der Waals surface area contributed by atoms with Crippen molar-refractivity contribution in [3.05, 3.63) is 20.9 Å². The van der Waals surface area contributed by atoms with Gasteiger partial charge in [-0.15, -0.1) is 0 Å². The van der Waals surface area contributed by atoms with Gasteiger partial charge in [0.25, 0.3) is 0 Å². The number of azide groups is 2. The van der Waals surface area contributed by atoms with E-state index in [4.69, 9.17) is 11.1 Å². The molecule has 0 N–H and O–H groups in total. The second kappa shape index (κ2) is 11.2. The molecule has 0 aliphatic heterocycles. The van der Waals surface area contributed by atoms with Gasteiger partial charge in [0, 0.05) is 39.3 Å². The molecular weight excluding hydrogens is 264 g/mol. The lowest BCUT2D eigenvalue weighted by Crippen LogP contribution is -1.95. The van der Waals surface area contributed by atoms with Crippen molar-refractivity contribution in [1.82, 2.24) is 0 Å². The van der Waals surface area contributed by atoms with Gasteiger partial charge in [-0.1, -0.05) is 0 Å². The fraction of sp³-hybridized carbons (Fsp3) is 0.714. The smallest absolute Gasteiger partial charge is 0.219 e. The number of thioether (sulfide) groups is 2. The van der Waals surface area contributed by atoms with E-state index in [1.807, 2.05) is 0 Å². The van der Waals surface area contributed by atoms with E-state index in [9.17, 15) is 9.59 Å². The lowest BCUT2D eigenvalue weighted by Gasteiger charge is -1.98. The van der Waals surface area contributed by atoms with Crippen molar-refractivity contribution in [2.24, 2.45) is 10.2 Å². The molecule has 0 aromatic rings. The number of carbonyl (C=O) groups excluding carboxylic acids is 2. The molecule has 92 valence electrons. The summed E-state index contributed by atoms with van der Waals surface area (Å²) >= 11 is 3.03. The van der Waals surface area contributed by atoms with E-state index in [1.165, 1.54) is 23.5 Å². The average Bonchev–Trinajstić information content (AvgIpc) is 2.28. The van der Waals surface area contributed by atoms with Gasteiger partial charge < -0.3 is 0 Å². The van der Waals surface area contributed by atoms with Crippen LogP contribution in [-0.2, 0) is 9.59 Å². The van der Waals surface area contributed by atoms with Crippen LogP contribution in [0.2, 0.25) is 0 Å². The molecule has 0 unspecified atom stereocenters. The van der Waals surface area contributed by atoms with Gasteiger partial charge in [0.05, 0.1) is 0 Å². The van der Waals surface area contributed by atoms with Crippen LogP contribution in [0.4, 0.5) is 0 Å². The molecule has 0 saturated carbocycles. The zero-order valence-corrected chi connectivity index (χ0v) is 10.5. The quantitative estimate of drug-likeness (QED) is 0.221. The summed E-state index contributed by atoms with van der Waals surface area (Å²) in [5.74, 6) is 0.219. The summed E-state index contributed by atoms with van der Waals surface area (Å²) in [6, 6.07) is 0. The first kappa shape index (κ1) is 15.7. The van der Waals surface area contributed by atoms with Crippen LogP contribution in [0.25, 0.3) is 20.9 Å². The van der Waals surface area contributed by atoms with Crippen LogP contribution in [0, 0.1) is 0 Å². The van der Waals surface area contributed by atoms with Crippen molar-refractivity contribution in [3.63, 3.8) is 0 Å². The maximum Gasteiger partial charge on any atom is 0.219 e. The first-order chi connectivity index (χ1) is 8.20. The zero-order chi connectivity index (χ0) is 12.9. The van der Waals surface area contributed by atoms with Crippen molar-refractivity contribution in [1.29, 1.82) is 0 Å². The van der Waals surface area contributed by atoms with Crippen LogP contribution in [0.5, 0.6) is 0 Å².